The number of para-hydroxylation sites is 1. The molecular formula is C29H37ClN8O4S. The number of rotatable bonds is 9. The minimum absolute atomic E-state index is 0.157. The van der Waals surface area contributed by atoms with Gasteiger partial charge >= 0.3 is 0 Å². The quantitative estimate of drug-likeness (QED) is 0.321. The summed E-state index contributed by atoms with van der Waals surface area (Å²) in [4.78, 5) is 27.3. The molecule has 1 amide bonds. The number of nitrogens with zero attached hydrogens (tertiary/aromatic N) is 5. The highest BCUT2D eigenvalue weighted by molar-refractivity contribution is 7.88. The molecule has 1 aromatic heterocycles. The maximum absolute atomic E-state index is 11.7. The number of benzene rings is 2. The highest BCUT2D eigenvalue weighted by Crippen LogP contribution is 2.34. The highest BCUT2D eigenvalue weighted by Gasteiger charge is 2.28. The van der Waals surface area contributed by atoms with E-state index in [9.17, 15) is 13.2 Å². The van der Waals surface area contributed by atoms with Gasteiger partial charge in [-0.2, -0.15) is 4.98 Å². The van der Waals surface area contributed by atoms with Crippen molar-refractivity contribution in [3.63, 3.8) is 0 Å². The number of piperazine rings is 1. The van der Waals surface area contributed by atoms with Gasteiger partial charge in [0.25, 0.3) is 0 Å². The Morgan fingerprint density at radius 3 is 2.44 bits per heavy atom. The van der Waals surface area contributed by atoms with Crippen LogP contribution in [-0.4, -0.2) is 86.5 Å². The molecule has 2 fully saturated rings. The van der Waals surface area contributed by atoms with Gasteiger partial charge < -0.3 is 25.2 Å². The van der Waals surface area contributed by atoms with Crippen molar-refractivity contribution < 1.29 is 17.9 Å². The summed E-state index contributed by atoms with van der Waals surface area (Å²) < 4.78 is 29.1. The van der Waals surface area contributed by atoms with Crippen LogP contribution in [0.1, 0.15) is 25.3 Å². The molecule has 0 unspecified atom stereocenters. The van der Waals surface area contributed by atoms with Gasteiger partial charge in [0.05, 0.1) is 24.7 Å². The summed E-state index contributed by atoms with van der Waals surface area (Å²) in [5.41, 5.74) is 2.78. The third kappa shape index (κ3) is 7.85. The molecule has 0 radical (unpaired) electrons. The molecule has 12 nitrogen and oxygen atoms in total. The Bertz CT molecular complexity index is 1560. The Morgan fingerprint density at radius 1 is 1.05 bits per heavy atom. The lowest BCUT2D eigenvalue weighted by molar-refractivity contribution is -0.130. The number of sulfonamides is 1. The average Bonchev–Trinajstić information content (AvgIpc) is 2.99. The minimum atomic E-state index is -3.73. The molecule has 230 valence electrons. The topological polar surface area (TPSA) is 146 Å². The van der Waals surface area contributed by atoms with Crippen molar-refractivity contribution in [2.24, 2.45) is 5.14 Å². The van der Waals surface area contributed by atoms with Crippen LogP contribution in [0.3, 0.4) is 0 Å². The van der Waals surface area contributed by atoms with Crippen LogP contribution < -0.4 is 25.4 Å². The first kappa shape index (κ1) is 30.8. The van der Waals surface area contributed by atoms with Crippen LogP contribution in [0.2, 0.25) is 5.02 Å². The van der Waals surface area contributed by atoms with E-state index >= 15 is 0 Å². The number of hydrogen-bond acceptors (Lipinski definition) is 10. The van der Waals surface area contributed by atoms with Crippen molar-refractivity contribution >= 4 is 56.4 Å². The molecule has 2 aliphatic heterocycles. The Balaban J connectivity index is 1.24. The molecule has 14 heteroatoms. The van der Waals surface area contributed by atoms with Gasteiger partial charge in [-0.3, -0.25) is 9.69 Å². The van der Waals surface area contributed by atoms with E-state index < -0.39 is 10.0 Å². The third-order valence-corrected chi connectivity index (χ3v) is 8.90. The van der Waals surface area contributed by atoms with Crippen LogP contribution in [0.25, 0.3) is 0 Å². The standard InChI is InChI=1S/C29H37ClN8O4S/c1-20(39)36-13-15-38(16-14-36)22-9-11-37(12-10-22)23-7-8-26(27(17-23)42-2)34-29-32-18-24(30)28(35-29)33-25-6-4-3-5-21(25)19-43(31,40)41/h3-8,17-18,22H,9-16,19H2,1-2H3,(H2,31,40,41)(H2,32,33,34,35). The number of aromatic nitrogens is 2. The zero-order valence-electron chi connectivity index (χ0n) is 24.3. The summed E-state index contributed by atoms with van der Waals surface area (Å²) in [5.74, 6) is 1.06. The van der Waals surface area contributed by atoms with Gasteiger partial charge in [0.15, 0.2) is 5.82 Å². The zero-order chi connectivity index (χ0) is 30.6. The summed E-state index contributed by atoms with van der Waals surface area (Å²) in [5, 5.41) is 11.8. The number of methoxy groups -OCH3 is 1. The van der Waals surface area contributed by atoms with E-state index in [4.69, 9.17) is 21.5 Å². The van der Waals surface area contributed by atoms with Crippen molar-refractivity contribution in [1.29, 1.82) is 0 Å². The molecule has 5 rings (SSSR count). The highest BCUT2D eigenvalue weighted by atomic mass is 35.5. The molecule has 43 heavy (non-hydrogen) atoms. The Labute approximate surface area is 257 Å². The van der Waals surface area contributed by atoms with E-state index in [0.29, 0.717) is 34.5 Å². The number of nitrogens with one attached hydrogen (secondary N) is 2. The predicted octanol–water partition coefficient (Wildman–Crippen LogP) is 3.55. The van der Waals surface area contributed by atoms with Crippen molar-refractivity contribution in [3.8, 4) is 5.75 Å². The number of piperidine rings is 1. The summed E-state index contributed by atoms with van der Waals surface area (Å²) in [6.45, 7) is 7.01. The molecule has 2 aliphatic rings. The Kier molecular flexibility index (Phi) is 9.55. The summed E-state index contributed by atoms with van der Waals surface area (Å²) in [6.07, 6.45) is 3.60. The van der Waals surface area contributed by atoms with Crippen LogP contribution in [0.4, 0.5) is 28.8 Å². The first-order valence-electron chi connectivity index (χ1n) is 14.2. The van der Waals surface area contributed by atoms with E-state index in [1.807, 2.05) is 17.0 Å². The number of halogens is 1. The second-order valence-electron chi connectivity index (χ2n) is 10.7. The van der Waals surface area contributed by atoms with Crippen molar-refractivity contribution in [1.82, 2.24) is 19.8 Å². The SMILES string of the molecule is COc1cc(N2CCC(N3CCN(C(C)=O)CC3)CC2)ccc1Nc1ncc(Cl)c(Nc2ccccc2CS(N)(=O)=O)n1. The molecule has 3 heterocycles. The van der Waals surface area contributed by atoms with Gasteiger partial charge in [-0.15, -0.1) is 0 Å². The summed E-state index contributed by atoms with van der Waals surface area (Å²) in [7, 11) is -2.11. The number of anilines is 5. The lowest BCUT2D eigenvalue weighted by Crippen LogP contribution is -2.54. The fourth-order valence-electron chi connectivity index (χ4n) is 5.62. The number of carbonyl (C=O) groups is 1. The second kappa shape index (κ2) is 13.3. The van der Waals surface area contributed by atoms with Gasteiger partial charge in [-0.1, -0.05) is 29.8 Å². The second-order valence-corrected chi connectivity index (χ2v) is 12.8. The van der Waals surface area contributed by atoms with Gasteiger partial charge in [0.2, 0.25) is 21.9 Å². The largest absolute Gasteiger partial charge is 0.494 e. The first-order valence-corrected chi connectivity index (χ1v) is 16.3. The molecule has 0 atom stereocenters. The fourth-order valence-corrected chi connectivity index (χ4v) is 6.44. The smallest absolute Gasteiger partial charge is 0.229 e. The summed E-state index contributed by atoms with van der Waals surface area (Å²) >= 11 is 6.37. The molecular weight excluding hydrogens is 592 g/mol. The Morgan fingerprint density at radius 2 is 1.77 bits per heavy atom. The van der Waals surface area contributed by atoms with Crippen LogP contribution in [0, 0.1) is 0 Å². The average molecular weight is 629 g/mol. The monoisotopic (exact) mass is 628 g/mol. The minimum Gasteiger partial charge on any atom is -0.494 e. The number of ether oxygens (including phenoxy) is 1. The molecule has 0 saturated carbocycles. The lowest BCUT2D eigenvalue weighted by Gasteiger charge is -2.43. The van der Waals surface area contributed by atoms with Crippen molar-refractivity contribution in [2.45, 2.75) is 31.6 Å². The number of nitrogens with two attached hydrogens (primary N) is 1. The van der Waals surface area contributed by atoms with E-state index in [1.54, 1.807) is 38.3 Å². The molecule has 3 aromatic rings. The molecule has 2 saturated heterocycles. The lowest BCUT2D eigenvalue weighted by atomic mass is 10.0. The van der Waals surface area contributed by atoms with Crippen LogP contribution in [-0.2, 0) is 20.6 Å². The maximum atomic E-state index is 11.7. The fraction of sp³-hybridized carbons (Fsp3) is 0.414. The number of carbonyl (C=O) groups excluding carboxylic acids is 1. The van der Waals surface area contributed by atoms with Crippen LogP contribution in [0.5, 0.6) is 5.75 Å². The maximum Gasteiger partial charge on any atom is 0.229 e. The van der Waals surface area contributed by atoms with Gasteiger partial charge in [0.1, 0.15) is 10.8 Å². The number of primary sulfonamides is 1. The van der Waals surface area contributed by atoms with Crippen molar-refractivity contribution in [3.05, 3.63) is 59.2 Å². The van der Waals surface area contributed by atoms with Crippen LogP contribution >= 0.6 is 11.6 Å². The van der Waals surface area contributed by atoms with Gasteiger partial charge in [0, 0.05) is 69.7 Å². The van der Waals surface area contributed by atoms with Gasteiger partial charge in [-0.05, 0) is 36.6 Å². The van der Waals surface area contributed by atoms with E-state index in [2.05, 4.69) is 36.5 Å². The molecule has 0 spiro atoms. The van der Waals surface area contributed by atoms with E-state index in [-0.39, 0.29) is 22.6 Å². The number of amides is 1. The summed E-state index contributed by atoms with van der Waals surface area (Å²) in [6, 6.07) is 13.4. The van der Waals surface area contributed by atoms with Crippen LogP contribution in [0.15, 0.2) is 48.7 Å². The van der Waals surface area contributed by atoms with E-state index in [0.717, 1.165) is 57.8 Å². The van der Waals surface area contributed by atoms with Crippen molar-refractivity contribution in [2.75, 3.05) is 61.9 Å². The predicted molar refractivity (Wildman–Crippen MR) is 169 cm³/mol. The molecule has 4 N–H and O–H groups in total. The number of hydrogen-bond donors (Lipinski definition) is 3. The third-order valence-electron chi connectivity index (χ3n) is 7.91. The van der Waals surface area contributed by atoms with Gasteiger partial charge in [-0.25, -0.2) is 18.5 Å². The molecule has 0 bridgehead atoms. The molecule has 2 aromatic carbocycles. The first-order chi connectivity index (χ1) is 20.6. The Hall–Kier alpha value is -3.65. The van der Waals surface area contributed by atoms with E-state index in [1.165, 1.54) is 6.20 Å². The molecule has 0 aliphatic carbocycles. The zero-order valence-corrected chi connectivity index (χ0v) is 25.9. The normalized spacial score (nSPS) is 16.7.